The van der Waals surface area contributed by atoms with Gasteiger partial charge in [-0.25, -0.2) is 0 Å². The van der Waals surface area contributed by atoms with E-state index in [1.165, 1.54) is 0 Å². The molecule has 0 bridgehead atoms. The average molecular weight is 380 g/mol. The maximum atomic E-state index is 12.0. The number of hydrogen-bond acceptors (Lipinski definition) is 3. The number of anilines is 1. The van der Waals surface area contributed by atoms with Crippen LogP contribution in [-0.2, 0) is 20.9 Å². The highest BCUT2D eigenvalue weighted by atomic mass is 35.5. The van der Waals surface area contributed by atoms with Crippen LogP contribution in [0.4, 0.5) is 5.69 Å². The molecule has 0 saturated heterocycles. The van der Waals surface area contributed by atoms with Gasteiger partial charge in [-0.1, -0.05) is 47.5 Å². The van der Waals surface area contributed by atoms with Crippen molar-refractivity contribution >= 4 is 40.8 Å². The molecule has 2 rings (SSSR count). The van der Waals surface area contributed by atoms with E-state index >= 15 is 0 Å². The molecule has 0 aliphatic rings. The molecular formula is C19H19Cl2NO3. The minimum Gasteiger partial charge on any atom is -0.461 e. The van der Waals surface area contributed by atoms with Crippen molar-refractivity contribution in [2.75, 3.05) is 5.32 Å². The summed E-state index contributed by atoms with van der Waals surface area (Å²) in [6.07, 6.45) is 0.0585. The fraction of sp³-hybridized carbons (Fsp3) is 0.263. The normalized spacial score (nSPS) is 10.4. The summed E-state index contributed by atoms with van der Waals surface area (Å²) in [5.41, 5.74) is 3.41. The Morgan fingerprint density at radius 1 is 1.04 bits per heavy atom. The predicted molar refractivity (Wildman–Crippen MR) is 100 cm³/mol. The van der Waals surface area contributed by atoms with E-state index in [9.17, 15) is 9.59 Å². The Balaban J connectivity index is 1.80. The molecule has 1 N–H and O–H groups in total. The Labute approximate surface area is 157 Å². The van der Waals surface area contributed by atoms with Crippen molar-refractivity contribution in [2.24, 2.45) is 0 Å². The van der Waals surface area contributed by atoms with Crippen LogP contribution in [0.2, 0.25) is 10.0 Å². The Hall–Kier alpha value is -2.04. The van der Waals surface area contributed by atoms with E-state index in [-0.39, 0.29) is 25.4 Å². The van der Waals surface area contributed by atoms with Gasteiger partial charge in [-0.15, -0.1) is 0 Å². The van der Waals surface area contributed by atoms with Crippen molar-refractivity contribution in [3.05, 3.63) is 63.1 Å². The van der Waals surface area contributed by atoms with E-state index in [4.69, 9.17) is 27.9 Å². The summed E-state index contributed by atoms with van der Waals surface area (Å²) in [6, 6.07) is 10.7. The smallest absolute Gasteiger partial charge is 0.306 e. The first kappa shape index (κ1) is 19.3. The highest BCUT2D eigenvalue weighted by Crippen LogP contribution is 2.22. The largest absolute Gasteiger partial charge is 0.461 e. The molecule has 6 heteroatoms. The van der Waals surface area contributed by atoms with Crippen LogP contribution in [0.5, 0.6) is 0 Å². The lowest BCUT2D eigenvalue weighted by Crippen LogP contribution is -2.16. The Kier molecular flexibility index (Phi) is 6.85. The van der Waals surface area contributed by atoms with Crippen LogP contribution in [0.1, 0.15) is 29.5 Å². The first-order valence-electron chi connectivity index (χ1n) is 7.82. The quantitative estimate of drug-likeness (QED) is 0.712. The van der Waals surface area contributed by atoms with Gasteiger partial charge in [0.25, 0.3) is 0 Å². The molecule has 4 nitrogen and oxygen atoms in total. The summed E-state index contributed by atoms with van der Waals surface area (Å²) in [6.45, 7) is 3.90. The zero-order valence-corrected chi connectivity index (χ0v) is 15.6. The lowest BCUT2D eigenvalue weighted by Gasteiger charge is -2.11. The second-order valence-electron chi connectivity index (χ2n) is 5.71. The topological polar surface area (TPSA) is 55.4 Å². The van der Waals surface area contributed by atoms with Crippen molar-refractivity contribution in [2.45, 2.75) is 33.3 Å². The molecule has 0 radical (unpaired) electrons. The number of hydrogen-bond donors (Lipinski definition) is 1. The summed E-state index contributed by atoms with van der Waals surface area (Å²) in [4.78, 5) is 23.8. The minimum absolute atomic E-state index is 0.00196. The van der Waals surface area contributed by atoms with Crippen molar-refractivity contribution < 1.29 is 14.3 Å². The zero-order valence-electron chi connectivity index (χ0n) is 14.1. The number of carbonyl (C=O) groups is 2. The number of nitrogens with one attached hydrogen (secondary N) is 1. The number of ether oxygens (including phenoxy) is 1. The number of carbonyl (C=O) groups excluding carboxylic acids is 2. The monoisotopic (exact) mass is 379 g/mol. The lowest BCUT2D eigenvalue weighted by molar-refractivity contribution is -0.145. The number of halogens is 2. The first-order chi connectivity index (χ1) is 11.9. The first-order valence-corrected chi connectivity index (χ1v) is 8.58. The highest BCUT2D eigenvalue weighted by molar-refractivity contribution is 6.35. The molecular weight excluding hydrogens is 361 g/mol. The van der Waals surface area contributed by atoms with E-state index in [0.717, 1.165) is 16.8 Å². The van der Waals surface area contributed by atoms with Crippen LogP contribution < -0.4 is 5.32 Å². The van der Waals surface area contributed by atoms with E-state index in [1.54, 1.807) is 18.2 Å². The van der Waals surface area contributed by atoms with E-state index in [2.05, 4.69) is 5.32 Å². The molecule has 0 aliphatic carbocycles. The minimum atomic E-state index is -0.456. The standard InChI is InChI=1S/C19H19Cl2NO3/c1-12-4-3-5-13(2)19(12)22-17(23)8-9-18(24)25-11-14-6-7-15(20)10-16(14)21/h3-7,10H,8-9,11H2,1-2H3,(H,22,23). The van der Waals surface area contributed by atoms with Crippen LogP contribution in [0.25, 0.3) is 0 Å². The van der Waals surface area contributed by atoms with Gasteiger partial charge >= 0.3 is 5.97 Å². The van der Waals surface area contributed by atoms with Crippen molar-refractivity contribution in [1.29, 1.82) is 0 Å². The molecule has 0 saturated carbocycles. The summed E-state index contributed by atoms with van der Waals surface area (Å²) < 4.78 is 5.15. The van der Waals surface area contributed by atoms with Gasteiger partial charge in [-0.05, 0) is 37.1 Å². The van der Waals surface area contributed by atoms with Gasteiger partial charge in [-0.3, -0.25) is 9.59 Å². The number of esters is 1. The van der Waals surface area contributed by atoms with E-state index in [0.29, 0.717) is 15.6 Å². The molecule has 0 spiro atoms. The van der Waals surface area contributed by atoms with Crippen LogP contribution >= 0.6 is 23.2 Å². The summed E-state index contributed by atoms with van der Waals surface area (Å²) in [5, 5.41) is 3.80. The SMILES string of the molecule is Cc1cccc(C)c1NC(=O)CCC(=O)OCc1ccc(Cl)cc1Cl. The fourth-order valence-electron chi connectivity index (χ4n) is 2.30. The van der Waals surface area contributed by atoms with Gasteiger partial charge in [0.2, 0.25) is 5.91 Å². The second-order valence-corrected chi connectivity index (χ2v) is 6.56. The van der Waals surface area contributed by atoms with Crippen molar-refractivity contribution in [1.82, 2.24) is 0 Å². The van der Waals surface area contributed by atoms with Gasteiger partial charge in [0.05, 0.1) is 6.42 Å². The molecule has 1 amide bonds. The molecule has 0 unspecified atom stereocenters. The fourth-order valence-corrected chi connectivity index (χ4v) is 2.76. The van der Waals surface area contributed by atoms with Crippen LogP contribution in [0.15, 0.2) is 36.4 Å². The van der Waals surface area contributed by atoms with Crippen LogP contribution in [-0.4, -0.2) is 11.9 Å². The Morgan fingerprint density at radius 3 is 2.36 bits per heavy atom. The molecule has 132 valence electrons. The second kappa shape index (κ2) is 8.88. The van der Waals surface area contributed by atoms with Crippen LogP contribution in [0.3, 0.4) is 0 Å². The third-order valence-electron chi connectivity index (χ3n) is 3.71. The van der Waals surface area contributed by atoms with Gasteiger partial charge in [0.15, 0.2) is 0 Å². The maximum absolute atomic E-state index is 12.0. The summed E-state index contributed by atoms with van der Waals surface area (Å²) in [7, 11) is 0. The van der Waals surface area contributed by atoms with Crippen LogP contribution in [0, 0.1) is 13.8 Å². The summed E-state index contributed by atoms with van der Waals surface area (Å²) >= 11 is 11.8. The third kappa shape index (κ3) is 5.76. The molecule has 25 heavy (non-hydrogen) atoms. The average Bonchev–Trinajstić information content (AvgIpc) is 2.55. The zero-order chi connectivity index (χ0) is 18.4. The number of aryl methyl sites for hydroxylation is 2. The lowest BCUT2D eigenvalue weighted by atomic mass is 10.1. The number of amides is 1. The number of benzene rings is 2. The maximum Gasteiger partial charge on any atom is 0.306 e. The van der Waals surface area contributed by atoms with Gasteiger partial charge in [0.1, 0.15) is 6.61 Å². The molecule has 0 aliphatic heterocycles. The Morgan fingerprint density at radius 2 is 1.72 bits per heavy atom. The highest BCUT2D eigenvalue weighted by Gasteiger charge is 2.11. The predicted octanol–water partition coefficient (Wildman–Crippen LogP) is 5.07. The Bertz CT molecular complexity index is 770. The summed E-state index contributed by atoms with van der Waals surface area (Å²) in [5.74, 6) is -0.679. The molecule has 2 aromatic carbocycles. The third-order valence-corrected chi connectivity index (χ3v) is 4.29. The molecule has 0 heterocycles. The molecule has 0 fully saturated rings. The van der Waals surface area contributed by atoms with Crippen molar-refractivity contribution in [3.63, 3.8) is 0 Å². The van der Waals surface area contributed by atoms with E-state index < -0.39 is 5.97 Å². The van der Waals surface area contributed by atoms with Gasteiger partial charge in [0, 0.05) is 27.7 Å². The molecule has 2 aromatic rings. The van der Waals surface area contributed by atoms with Gasteiger partial charge < -0.3 is 10.1 Å². The van der Waals surface area contributed by atoms with Gasteiger partial charge in [-0.2, -0.15) is 0 Å². The molecule has 0 aromatic heterocycles. The van der Waals surface area contributed by atoms with E-state index in [1.807, 2.05) is 32.0 Å². The molecule has 0 atom stereocenters. The van der Waals surface area contributed by atoms with Crippen molar-refractivity contribution in [3.8, 4) is 0 Å². The number of rotatable bonds is 6. The number of para-hydroxylation sites is 1.